The summed E-state index contributed by atoms with van der Waals surface area (Å²) in [6, 6.07) is 2.16. The lowest BCUT2D eigenvalue weighted by atomic mass is 10.2. The zero-order valence-corrected chi connectivity index (χ0v) is 12.7. The Bertz CT molecular complexity index is 421. The van der Waals surface area contributed by atoms with Crippen molar-refractivity contribution in [1.29, 1.82) is 0 Å². The number of furan rings is 1. The number of nitrogens with one attached hydrogen (secondary N) is 1. The average Bonchev–Trinajstić information content (AvgIpc) is 2.73. The smallest absolute Gasteiger partial charge is 0.118 e. The molecule has 0 aliphatic carbocycles. The normalized spacial score (nSPS) is 18.0. The van der Waals surface area contributed by atoms with Crippen molar-refractivity contribution in [1.82, 2.24) is 10.2 Å². The third kappa shape index (κ3) is 4.44. The first-order valence-corrected chi connectivity index (χ1v) is 8.54. The fourth-order valence-electron chi connectivity index (χ4n) is 2.30. The molecule has 0 aromatic carbocycles. The highest BCUT2D eigenvalue weighted by molar-refractivity contribution is 7.85. The predicted octanol–water partition coefficient (Wildman–Crippen LogP) is 1.65. The van der Waals surface area contributed by atoms with Gasteiger partial charge in [0.15, 0.2) is 0 Å². The zero-order chi connectivity index (χ0) is 13.7. The molecule has 1 aromatic heterocycles. The zero-order valence-electron chi connectivity index (χ0n) is 11.9. The van der Waals surface area contributed by atoms with E-state index in [1.807, 2.05) is 6.92 Å². The molecule has 0 spiro atoms. The van der Waals surface area contributed by atoms with Gasteiger partial charge >= 0.3 is 0 Å². The Hall–Kier alpha value is -0.650. The summed E-state index contributed by atoms with van der Waals surface area (Å²) in [5.41, 5.74) is 1.25. The number of aryl methyl sites for hydroxylation is 1. The lowest BCUT2D eigenvalue weighted by molar-refractivity contribution is 0.263. The van der Waals surface area contributed by atoms with Crippen LogP contribution >= 0.6 is 0 Å². The Morgan fingerprint density at radius 1 is 1.42 bits per heavy atom. The first kappa shape index (κ1) is 14.8. The molecule has 2 heterocycles. The van der Waals surface area contributed by atoms with Crippen LogP contribution in [0.4, 0.5) is 0 Å². The van der Waals surface area contributed by atoms with Gasteiger partial charge < -0.3 is 9.73 Å². The number of hydrogen-bond acceptors (Lipinski definition) is 4. The van der Waals surface area contributed by atoms with Crippen molar-refractivity contribution >= 4 is 10.8 Å². The Balaban J connectivity index is 1.87. The molecule has 0 unspecified atom stereocenters. The lowest BCUT2D eigenvalue weighted by Gasteiger charge is -2.24. The van der Waals surface area contributed by atoms with Crippen LogP contribution < -0.4 is 5.32 Å². The topological polar surface area (TPSA) is 45.5 Å². The quantitative estimate of drug-likeness (QED) is 0.807. The SMILES string of the molecule is CCCNCc1cc(CN2CCS(=O)CC2)oc1C. The standard InChI is InChI=1S/C14H24N2O2S/c1-3-4-15-10-13-9-14(18-12(13)2)11-16-5-7-19(17)8-6-16/h9,15H,3-8,10-11H2,1-2H3. The van der Waals surface area contributed by atoms with E-state index in [0.717, 1.165) is 62.2 Å². The molecule has 0 radical (unpaired) electrons. The first-order chi connectivity index (χ1) is 9.19. The summed E-state index contributed by atoms with van der Waals surface area (Å²) in [6.07, 6.45) is 1.15. The van der Waals surface area contributed by atoms with Crippen LogP contribution in [0.5, 0.6) is 0 Å². The van der Waals surface area contributed by atoms with Crippen LogP contribution in [0.2, 0.25) is 0 Å². The molecule has 1 saturated heterocycles. The van der Waals surface area contributed by atoms with E-state index in [0.29, 0.717) is 0 Å². The minimum atomic E-state index is -0.606. The van der Waals surface area contributed by atoms with Gasteiger partial charge in [0.2, 0.25) is 0 Å². The van der Waals surface area contributed by atoms with Crippen molar-refractivity contribution in [2.75, 3.05) is 31.1 Å². The molecule has 2 rings (SSSR count). The highest BCUT2D eigenvalue weighted by Gasteiger charge is 2.17. The van der Waals surface area contributed by atoms with Crippen molar-refractivity contribution in [3.8, 4) is 0 Å². The molecule has 108 valence electrons. The second-order valence-corrected chi connectivity index (χ2v) is 6.79. The molecule has 0 atom stereocenters. The maximum Gasteiger partial charge on any atom is 0.118 e. The summed E-state index contributed by atoms with van der Waals surface area (Å²) in [4.78, 5) is 2.32. The van der Waals surface area contributed by atoms with Crippen LogP contribution in [0.25, 0.3) is 0 Å². The van der Waals surface area contributed by atoms with Crippen LogP contribution in [0.3, 0.4) is 0 Å². The molecule has 1 aliphatic rings. The maximum atomic E-state index is 11.3. The highest BCUT2D eigenvalue weighted by atomic mass is 32.2. The van der Waals surface area contributed by atoms with Gasteiger partial charge in [-0.25, -0.2) is 0 Å². The summed E-state index contributed by atoms with van der Waals surface area (Å²) in [5.74, 6) is 3.63. The molecular formula is C14H24N2O2S. The summed E-state index contributed by atoms with van der Waals surface area (Å²) in [5, 5.41) is 3.40. The van der Waals surface area contributed by atoms with Gasteiger partial charge in [-0.1, -0.05) is 6.92 Å². The third-order valence-corrected chi connectivity index (χ3v) is 4.74. The minimum Gasteiger partial charge on any atom is -0.465 e. The maximum absolute atomic E-state index is 11.3. The summed E-state index contributed by atoms with van der Waals surface area (Å²) in [7, 11) is -0.606. The summed E-state index contributed by atoms with van der Waals surface area (Å²) >= 11 is 0. The Labute approximate surface area is 118 Å². The molecule has 0 bridgehead atoms. The molecule has 19 heavy (non-hydrogen) atoms. The van der Waals surface area contributed by atoms with Gasteiger partial charge in [-0.15, -0.1) is 0 Å². The second kappa shape index (κ2) is 7.22. The number of hydrogen-bond donors (Lipinski definition) is 1. The minimum absolute atomic E-state index is 0.606. The molecule has 1 N–H and O–H groups in total. The van der Waals surface area contributed by atoms with E-state index in [9.17, 15) is 4.21 Å². The van der Waals surface area contributed by atoms with Gasteiger partial charge in [-0.2, -0.15) is 0 Å². The lowest BCUT2D eigenvalue weighted by Crippen LogP contribution is -2.37. The number of rotatable bonds is 6. The van der Waals surface area contributed by atoms with Crippen LogP contribution in [0.1, 0.15) is 30.4 Å². The highest BCUT2D eigenvalue weighted by Crippen LogP contribution is 2.17. The molecule has 4 nitrogen and oxygen atoms in total. The van der Waals surface area contributed by atoms with Gasteiger partial charge in [-0.05, 0) is 26.0 Å². The predicted molar refractivity (Wildman–Crippen MR) is 78.6 cm³/mol. The molecule has 1 aromatic rings. The van der Waals surface area contributed by atoms with E-state index in [2.05, 4.69) is 23.2 Å². The van der Waals surface area contributed by atoms with E-state index in [1.54, 1.807) is 0 Å². The monoisotopic (exact) mass is 284 g/mol. The molecular weight excluding hydrogens is 260 g/mol. The molecule has 1 aliphatic heterocycles. The van der Waals surface area contributed by atoms with Gasteiger partial charge in [0.1, 0.15) is 11.5 Å². The first-order valence-electron chi connectivity index (χ1n) is 7.05. The van der Waals surface area contributed by atoms with E-state index in [-0.39, 0.29) is 0 Å². The van der Waals surface area contributed by atoms with Crippen molar-refractivity contribution in [3.05, 3.63) is 23.2 Å². The summed E-state index contributed by atoms with van der Waals surface area (Å²) in [6.45, 7) is 8.78. The molecule has 5 heteroatoms. The molecule has 0 amide bonds. The van der Waals surface area contributed by atoms with Crippen molar-refractivity contribution in [2.24, 2.45) is 0 Å². The van der Waals surface area contributed by atoms with Crippen LogP contribution in [-0.4, -0.2) is 40.2 Å². The van der Waals surface area contributed by atoms with Gasteiger partial charge in [0.25, 0.3) is 0 Å². The van der Waals surface area contributed by atoms with Gasteiger partial charge in [0.05, 0.1) is 6.54 Å². The van der Waals surface area contributed by atoms with E-state index in [1.165, 1.54) is 5.56 Å². The van der Waals surface area contributed by atoms with Crippen molar-refractivity contribution in [2.45, 2.75) is 33.4 Å². The largest absolute Gasteiger partial charge is 0.465 e. The van der Waals surface area contributed by atoms with E-state index in [4.69, 9.17) is 4.42 Å². The Kier molecular flexibility index (Phi) is 5.60. The van der Waals surface area contributed by atoms with Gasteiger partial charge in [0, 0.05) is 47.5 Å². The van der Waals surface area contributed by atoms with Gasteiger partial charge in [-0.3, -0.25) is 9.11 Å². The second-order valence-electron chi connectivity index (χ2n) is 5.10. The average molecular weight is 284 g/mol. The fraction of sp³-hybridized carbons (Fsp3) is 0.714. The van der Waals surface area contributed by atoms with Crippen LogP contribution in [0, 0.1) is 6.92 Å². The number of nitrogens with zero attached hydrogens (tertiary/aromatic N) is 1. The Morgan fingerprint density at radius 2 is 2.16 bits per heavy atom. The van der Waals surface area contributed by atoms with Crippen LogP contribution in [-0.2, 0) is 23.9 Å². The molecule has 1 fully saturated rings. The summed E-state index contributed by atoms with van der Waals surface area (Å²) < 4.78 is 17.1. The van der Waals surface area contributed by atoms with E-state index >= 15 is 0 Å². The van der Waals surface area contributed by atoms with Crippen molar-refractivity contribution in [3.63, 3.8) is 0 Å². The third-order valence-electron chi connectivity index (χ3n) is 3.46. The van der Waals surface area contributed by atoms with Crippen molar-refractivity contribution < 1.29 is 8.63 Å². The van der Waals surface area contributed by atoms with E-state index < -0.39 is 10.8 Å². The molecule has 0 saturated carbocycles. The van der Waals surface area contributed by atoms with Crippen LogP contribution in [0.15, 0.2) is 10.5 Å². The fourth-order valence-corrected chi connectivity index (χ4v) is 3.42. The Morgan fingerprint density at radius 3 is 2.84 bits per heavy atom.